The van der Waals surface area contributed by atoms with E-state index in [4.69, 9.17) is 6.42 Å². The van der Waals surface area contributed by atoms with E-state index in [1.807, 2.05) is 12.1 Å². The molecule has 0 aliphatic carbocycles. The van der Waals surface area contributed by atoms with Gasteiger partial charge in [0.25, 0.3) is 0 Å². The molecule has 0 nitrogen and oxygen atoms in total. The maximum Gasteiger partial charge on any atom is 0.0243 e. The number of rotatable bonds is 3. The minimum absolute atomic E-state index is 0.890. The van der Waals surface area contributed by atoms with Crippen molar-refractivity contribution in [1.29, 1.82) is 0 Å². The van der Waals surface area contributed by atoms with E-state index in [-0.39, 0.29) is 0 Å². The van der Waals surface area contributed by atoms with E-state index in [0.29, 0.717) is 0 Å². The first kappa shape index (κ1) is 24.2. The molecule has 42 heavy (non-hydrogen) atoms. The van der Waals surface area contributed by atoms with Crippen molar-refractivity contribution in [3.63, 3.8) is 0 Å². The summed E-state index contributed by atoms with van der Waals surface area (Å²) in [6, 6.07) is 54.9. The van der Waals surface area contributed by atoms with Crippen molar-refractivity contribution in [2.75, 3.05) is 0 Å². The fourth-order valence-corrected chi connectivity index (χ4v) is 6.43. The van der Waals surface area contributed by atoms with Crippen LogP contribution in [-0.2, 0) is 0 Å². The summed E-state index contributed by atoms with van der Waals surface area (Å²) in [5.74, 6) is 2.74. The number of hydrogen-bond acceptors (Lipinski definition) is 0. The fourth-order valence-electron chi connectivity index (χ4n) is 6.43. The first-order chi connectivity index (χ1) is 20.8. The number of benzene rings is 8. The molecule has 0 bridgehead atoms. The molecule has 0 N–H and O–H groups in total. The lowest BCUT2D eigenvalue weighted by atomic mass is 9.84. The summed E-state index contributed by atoms with van der Waals surface area (Å²) in [5.41, 5.74) is 8.20. The highest BCUT2D eigenvalue weighted by Crippen LogP contribution is 2.45. The Labute approximate surface area is 245 Å². The van der Waals surface area contributed by atoms with Gasteiger partial charge in [-0.3, -0.25) is 0 Å². The molecular formula is C42H26. The third-order valence-electron chi connectivity index (χ3n) is 8.49. The van der Waals surface area contributed by atoms with E-state index in [1.54, 1.807) is 0 Å². The van der Waals surface area contributed by atoms with Crippen molar-refractivity contribution < 1.29 is 0 Å². The smallest absolute Gasteiger partial charge is 0.0243 e. The van der Waals surface area contributed by atoms with E-state index in [2.05, 4.69) is 145 Å². The summed E-state index contributed by atoms with van der Waals surface area (Å²) in [7, 11) is 0. The zero-order valence-electron chi connectivity index (χ0n) is 23.0. The summed E-state index contributed by atoms with van der Waals surface area (Å²) >= 11 is 0. The summed E-state index contributed by atoms with van der Waals surface area (Å²) in [5, 5.41) is 9.99. The van der Waals surface area contributed by atoms with Gasteiger partial charge in [0.15, 0.2) is 0 Å². The van der Waals surface area contributed by atoms with Crippen LogP contribution in [0.1, 0.15) is 5.56 Å². The second-order valence-corrected chi connectivity index (χ2v) is 10.9. The second-order valence-electron chi connectivity index (χ2n) is 10.9. The third-order valence-corrected chi connectivity index (χ3v) is 8.49. The monoisotopic (exact) mass is 530 g/mol. The molecule has 0 heterocycles. The van der Waals surface area contributed by atoms with Crippen molar-refractivity contribution in [2.45, 2.75) is 0 Å². The second kappa shape index (κ2) is 9.77. The minimum atomic E-state index is 0.890. The molecule has 0 unspecified atom stereocenters. The van der Waals surface area contributed by atoms with Crippen LogP contribution in [0.4, 0.5) is 0 Å². The SMILES string of the molecule is C#Cc1ccc(-c2ccc3c(-c4ccc5ccccc5c4)c4ccccc4c(-c4ccc5ccccc5c4)c3c2)cc1. The van der Waals surface area contributed by atoms with Crippen LogP contribution in [0.2, 0.25) is 0 Å². The Morgan fingerprint density at radius 3 is 1.36 bits per heavy atom. The molecule has 0 radical (unpaired) electrons. The fraction of sp³-hybridized carbons (Fsp3) is 0. The number of fused-ring (bicyclic) bond motifs is 4. The van der Waals surface area contributed by atoms with Crippen LogP contribution in [0.25, 0.3) is 76.5 Å². The number of hydrogen-bond donors (Lipinski definition) is 0. The van der Waals surface area contributed by atoms with Gasteiger partial charge in [-0.05, 0) is 107 Å². The normalized spacial score (nSPS) is 11.3. The van der Waals surface area contributed by atoms with Crippen LogP contribution in [0.15, 0.2) is 152 Å². The Bertz CT molecular complexity index is 2350. The molecule has 0 fully saturated rings. The Balaban J connectivity index is 1.49. The van der Waals surface area contributed by atoms with Crippen LogP contribution in [-0.4, -0.2) is 0 Å². The molecule has 0 aromatic heterocycles. The molecular weight excluding hydrogens is 504 g/mol. The van der Waals surface area contributed by atoms with Gasteiger partial charge in [-0.25, -0.2) is 0 Å². The molecule has 0 aliphatic rings. The molecule has 8 rings (SSSR count). The third kappa shape index (κ3) is 3.95. The van der Waals surface area contributed by atoms with Crippen LogP contribution in [0.5, 0.6) is 0 Å². The van der Waals surface area contributed by atoms with Crippen LogP contribution in [0.3, 0.4) is 0 Å². The maximum absolute atomic E-state index is 5.65. The average molecular weight is 531 g/mol. The molecule has 0 spiro atoms. The van der Waals surface area contributed by atoms with Gasteiger partial charge in [0.2, 0.25) is 0 Å². The maximum atomic E-state index is 5.65. The van der Waals surface area contributed by atoms with Crippen LogP contribution < -0.4 is 0 Å². The highest BCUT2D eigenvalue weighted by atomic mass is 14.2. The first-order valence-electron chi connectivity index (χ1n) is 14.3. The Hall–Kier alpha value is -5.64. The first-order valence-corrected chi connectivity index (χ1v) is 14.3. The summed E-state index contributed by atoms with van der Waals surface area (Å²) in [6.07, 6.45) is 5.65. The standard InChI is InChI=1S/C42H26/c1-2-28-15-17-31(18-16-28)34-23-24-39-40(27-34)42(36-22-20-30-10-4-6-12-33(30)26-36)38-14-8-7-13-37(38)41(39)35-21-19-29-9-3-5-11-32(29)25-35/h1,3-27H. The molecule has 0 saturated heterocycles. The van der Waals surface area contributed by atoms with Crippen molar-refractivity contribution in [3.8, 4) is 45.7 Å². The molecule has 0 aliphatic heterocycles. The molecule has 8 aromatic rings. The van der Waals surface area contributed by atoms with Crippen LogP contribution in [0, 0.1) is 12.3 Å². The van der Waals surface area contributed by atoms with Crippen molar-refractivity contribution in [2.24, 2.45) is 0 Å². The predicted octanol–water partition coefficient (Wildman–Crippen LogP) is 11.3. The Morgan fingerprint density at radius 1 is 0.333 bits per heavy atom. The highest BCUT2D eigenvalue weighted by Gasteiger charge is 2.18. The summed E-state index contributed by atoms with van der Waals surface area (Å²) < 4.78 is 0. The lowest BCUT2D eigenvalue weighted by molar-refractivity contribution is 1.61. The van der Waals surface area contributed by atoms with E-state index in [1.165, 1.54) is 70.9 Å². The number of terminal acetylenes is 1. The van der Waals surface area contributed by atoms with Gasteiger partial charge >= 0.3 is 0 Å². The molecule has 0 amide bonds. The van der Waals surface area contributed by atoms with Gasteiger partial charge in [-0.15, -0.1) is 6.42 Å². The Morgan fingerprint density at radius 2 is 0.786 bits per heavy atom. The lowest BCUT2D eigenvalue weighted by Gasteiger charge is -2.19. The Kier molecular flexibility index (Phi) is 5.63. The largest absolute Gasteiger partial charge is 0.115 e. The van der Waals surface area contributed by atoms with E-state index >= 15 is 0 Å². The van der Waals surface area contributed by atoms with Crippen molar-refractivity contribution in [3.05, 3.63) is 157 Å². The average Bonchev–Trinajstić information content (AvgIpc) is 3.06. The predicted molar refractivity (Wildman–Crippen MR) is 181 cm³/mol. The molecule has 0 saturated carbocycles. The lowest BCUT2D eigenvalue weighted by Crippen LogP contribution is -1.92. The molecule has 0 atom stereocenters. The van der Waals surface area contributed by atoms with Gasteiger partial charge in [0, 0.05) is 5.56 Å². The van der Waals surface area contributed by atoms with Crippen LogP contribution >= 0.6 is 0 Å². The topological polar surface area (TPSA) is 0 Å². The zero-order valence-corrected chi connectivity index (χ0v) is 23.0. The van der Waals surface area contributed by atoms with Gasteiger partial charge in [0.05, 0.1) is 0 Å². The van der Waals surface area contributed by atoms with Crippen molar-refractivity contribution >= 4 is 43.1 Å². The quantitative estimate of drug-likeness (QED) is 0.157. The zero-order chi connectivity index (χ0) is 28.0. The van der Waals surface area contributed by atoms with Gasteiger partial charge < -0.3 is 0 Å². The van der Waals surface area contributed by atoms with Gasteiger partial charge in [-0.1, -0.05) is 127 Å². The van der Waals surface area contributed by atoms with E-state index < -0.39 is 0 Å². The minimum Gasteiger partial charge on any atom is -0.115 e. The molecule has 0 heteroatoms. The highest BCUT2D eigenvalue weighted by molar-refractivity contribution is 6.22. The summed E-state index contributed by atoms with van der Waals surface area (Å²) in [6.45, 7) is 0. The van der Waals surface area contributed by atoms with E-state index in [9.17, 15) is 0 Å². The summed E-state index contributed by atoms with van der Waals surface area (Å²) in [4.78, 5) is 0. The van der Waals surface area contributed by atoms with Gasteiger partial charge in [0.1, 0.15) is 0 Å². The van der Waals surface area contributed by atoms with E-state index in [0.717, 1.165) is 11.1 Å². The van der Waals surface area contributed by atoms with Crippen molar-refractivity contribution in [1.82, 2.24) is 0 Å². The molecule has 194 valence electrons. The molecule has 8 aromatic carbocycles. The van der Waals surface area contributed by atoms with Gasteiger partial charge in [-0.2, -0.15) is 0 Å².